The zero-order chi connectivity index (χ0) is 6.69. The maximum Gasteiger partial charge on any atom is 0.141 e. The molecule has 0 unspecified atom stereocenters. The van der Waals surface area contributed by atoms with E-state index in [4.69, 9.17) is 11.1 Å². The van der Waals surface area contributed by atoms with Crippen LogP contribution in [0.4, 0.5) is 0 Å². The van der Waals surface area contributed by atoms with Crippen LogP contribution in [0, 0.1) is 11.5 Å². The van der Waals surface area contributed by atoms with Gasteiger partial charge in [-0.15, -0.1) is 0 Å². The van der Waals surface area contributed by atoms with Crippen LogP contribution >= 0.6 is 0 Å². The SMILES string of the molecule is N=C(N)c1c[c]ccn1. The van der Waals surface area contributed by atoms with Crippen molar-refractivity contribution in [3.05, 3.63) is 30.1 Å². The quantitative estimate of drug-likeness (QED) is 0.409. The highest BCUT2D eigenvalue weighted by Crippen LogP contribution is 1.88. The Bertz CT molecular complexity index is 205. The number of hydrogen-bond donors (Lipinski definition) is 2. The molecule has 1 aromatic rings. The predicted molar refractivity (Wildman–Crippen MR) is 34.1 cm³/mol. The zero-order valence-electron chi connectivity index (χ0n) is 4.76. The Morgan fingerprint density at radius 3 is 2.89 bits per heavy atom. The second-order valence-electron chi connectivity index (χ2n) is 1.55. The lowest BCUT2D eigenvalue weighted by Crippen LogP contribution is -2.12. The van der Waals surface area contributed by atoms with Gasteiger partial charge < -0.3 is 5.73 Å². The molecule has 0 aromatic carbocycles. The minimum Gasteiger partial charge on any atom is -0.382 e. The zero-order valence-corrected chi connectivity index (χ0v) is 4.76. The largest absolute Gasteiger partial charge is 0.382 e. The summed E-state index contributed by atoms with van der Waals surface area (Å²) in [6.45, 7) is 0. The number of pyridine rings is 1. The summed E-state index contributed by atoms with van der Waals surface area (Å²) in [6.07, 6.45) is 1.55. The van der Waals surface area contributed by atoms with Crippen LogP contribution in [0.3, 0.4) is 0 Å². The topological polar surface area (TPSA) is 62.8 Å². The lowest BCUT2D eigenvalue weighted by atomic mass is 10.3. The molecule has 3 nitrogen and oxygen atoms in total. The summed E-state index contributed by atoms with van der Waals surface area (Å²) in [5, 5.41) is 6.93. The molecule has 3 heteroatoms. The second-order valence-corrected chi connectivity index (χ2v) is 1.55. The monoisotopic (exact) mass is 120 g/mol. The molecule has 0 aliphatic rings. The van der Waals surface area contributed by atoms with E-state index in [0.29, 0.717) is 5.69 Å². The minimum atomic E-state index is -0.0214. The van der Waals surface area contributed by atoms with E-state index >= 15 is 0 Å². The van der Waals surface area contributed by atoms with Gasteiger partial charge in [0.05, 0.1) is 0 Å². The van der Waals surface area contributed by atoms with Crippen LogP contribution < -0.4 is 5.73 Å². The first kappa shape index (κ1) is 5.75. The van der Waals surface area contributed by atoms with Crippen LogP contribution in [0.15, 0.2) is 18.3 Å². The molecule has 45 valence electrons. The predicted octanol–water partition coefficient (Wildman–Crippen LogP) is 0.166. The van der Waals surface area contributed by atoms with Crippen LogP contribution in [-0.4, -0.2) is 10.8 Å². The Labute approximate surface area is 53.0 Å². The number of hydrogen-bond acceptors (Lipinski definition) is 2. The molecule has 0 saturated heterocycles. The van der Waals surface area contributed by atoms with Crippen molar-refractivity contribution in [3.8, 4) is 0 Å². The van der Waals surface area contributed by atoms with E-state index in [1.54, 1.807) is 18.3 Å². The smallest absolute Gasteiger partial charge is 0.141 e. The summed E-state index contributed by atoms with van der Waals surface area (Å²) >= 11 is 0. The Morgan fingerprint density at radius 1 is 1.78 bits per heavy atom. The lowest BCUT2D eigenvalue weighted by molar-refractivity contribution is 1.25. The molecule has 9 heavy (non-hydrogen) atoms. The number of rotatable bonds is 1. The molecular weight excluding hydrogens is 114 g/mol. The first-order valence-corrected chi connectivity index (χ1v) is 2.47. The van der Waals surface area contributed by atoms with Crippen molar-refractivity contribution in [3.63, 3.8) is 0 Å². The van der Waals surface area contributed by atoms with Crippen molar-refractivity contribution >= 4 is 5.84 Å². The summed E-state index contributed by atoms with van der Waals surface area (Å²) in [6, 6.07) is 5.99. The first-order valence-electron chi connectivity index (χ1n) is 2.47. The maximum absolute atomic E-state index is 6.93. The molecule has 0 spiro atoms. The van der Waals surface area contributed by atoms with E-state index in [0.717, 1.165) is 0 Å². The molecule has 0 atom stereocenters. The average molecular weight is 120 g/mol. The van der Waals surface area contributed by atoms with Gasteiger partial charge in [0.25, 0.3) is 0 Å². The highest BCUT2D eigenvalue weighted by atomic mass is 14.8. The summed E-state index contributed by atoms with van der Waals surface area (Å²) in [5.74, 6) is -0.0214. The Morgan fingerprint density at radius 2 is 2.56 bits per heavy atom. The molecule has 0 fully saturated rings. The molecule has 1 aromatic heterocycles. The van der Waals surface area contributed by atoms with Crippen molar-refractivity contribution in [1.29, 1.82) is 5.41 Å². The first-order chi connectivity index (χ1) is 4.30. The maximum atomic E-state index is 6.93. The molecule has 0 saturated carbocycles. The normalized spacial score (nSPS) is 8.89. The van der Waals surface area contributed by atoms with Gasteiger partial charge in [0.2, 0.25) is 0 Å². The molecule has 0 aliphatic carbocycles. The third-order valence-corrected chi connectivity index (χ3v) is 0.880. The van der Waals surface area contributed by atoms with Gasteiger partial charge in [-0.3, -0.25) is 10.4 Å². The summed E-state index contributed by atoms with van der Waals surface area (Å²) in [7, 11) is 0. The van der Waals surface area contributed by atoms with Gasteiger partial charge >= 0.3 is 0 Å². The molecular formula is C6H6N3. The number of nitrogens with zero attached hydrogens (tertiary/aromatic N) is 1. The van der Waals surface area contributed by atoms with Crippen LogP contribution in [0.2, 0.25) is 0 Å². The van der Waals surface area contributed by atoms with E-state index in [2.05, 4.69) is 11.1 Å². The van der Waals surface area contributed by atoms with Crippen LogP contribution in [0.25, 0.3) is 0 Å². The van der Waals surface area contributed by atoms with E-state index in [1.165, 1.54) is 0 Å². The van der Waals surface area contributed by atoms with Crippen molar-refractivity contribution in [1.82, 2.24) is 4.98 Å². The number of amidine groups is 1. The molecule has 1 heterocycles. The second kappa shape index (κ2) is 2.26. The van der Waals surface area contributed by atoms with E-state index in [-0.39, 0.29) is 5.84 Å². The van der Waals surface area contributed by atoms with Crippen molar-refractivity contribution in [2.75, 3.05) is 0 Å². The fraction of sp³-hybridized carbons (Fsp3) is 0. The summed E-state index contributed by atoms with van der Waals surface area (Å²) in [4.78, 5) is 3.80. The molecule has 0 aliphatic heterocycles. The van der Waals surface area contributed by atoms with Gasteiger partial charge in [0.1, 0.15) is 11.5 Å². The molecule has 3 N–H and O–H groups in total. The molecule has 0 bridgehead atoms. The van der Waals surface area contributed by atoms with Crippen LogP contribution in [-0.2, 0) is 0 Å². The van der Waals surface area contributed by atoms with Crippen molar-refractivity contribution in [2.45, 2.75) is 0 Å². The van der Waals surface area contributed by atoms with Gasteiger partial charge in [-0.05, 0) is 18.2 Å². The van der Waals surface area contributed by atoms with Gasteiger partial charge in [0.15, 0.2) is 0 Å². The van der Waals surface area contributed by atoms with Crippen molar-refractivity contribution in [2.24, 2.45) is 5.73 Å². The van der Waals surface area contributed by atoms with Crippen LogP contribution in [0.5, 0.6) is 0 Å². The van der Waals surface area contributed by atoms with Gasteiger partial charge in [0, 0.05) is 6.20 Å². The molecule has 0 amide bonds. The highest BCUT2D eigenvalue weighted by Gasteiger charge is 1.91. The van der Waals surface area contributed by atoms with Gasteiger partial charge in [-0.25, -0.2) is 0 Å². The van der Waals surface area contributed by atoms with Crippen molar-refractivity contribution < 1.29 is 0 Å². The molecule has 1 radical (unpaired) electrons. The fourth-order valence-corrected chi connectivity index (χ4v) is 0.472. The van der Waals surface area contributed by atoms with E-state index < -0.39 is 0 Å². The Hall–Kier alpha value is -1.38. The minimum absolute atomic E-state index is 0.0214. The molecule has 1 rings (SSSR count). The third kappa shape index (κ3) is 1.25. The van der Waals surface area contributed by atoms with Gasteiger partial charge in [-0.2, -0.15) is 0 Å². The lowest BCUT2D eigenvalue weighted by Gasteiger charge is -1.91. The number of aromatic nitrogens is 1. The fourth-order valence-electron chi connectivity index (χ4n) is 0.472. The Kier molecular flexibility index (Phi) is 1.44. The highest BCUT2D eigenvalue weighted by molar-refractivity contribution is 5.92. The van der Waals surface area contributed by atoms with Gasteiger partial charge in [-0.1, -0.05) is 0 Å². The number of nitrogen functional groups attached to an aromatic ring is 1. The van der Waals surface area contributed by atoms with E-state index in [1.807, 2.05) is 0 Å². The average Bonchev–Trinajstić information content (AvgIpc) is 1.90. The number of nitrogens with two attached hydrogens (primary N) is 1. The Balaban J connectivity index is 2.98. The number of nitrogens with one attached hydrogen (secondary N) is 1. The summed E-state index contributed by atoms with van der Waals surface area (Å²) in [5.41, 5.74) is 5.58. The summed E-state index contributed by atoms with van der Waals surface area (Å²) < 4.78 is 0. The van der Waals surface area contributed by atoms with E-state index in [9.17, 15) is 0 Å². The van der Waals surface area contributed by atoms with Crippen LogP contribution in [0.1, 0.15) is 5.69 Å². The third-order valence-electron chi connectivity index (χ3n) is 0.880. The standard InChI is InChI=1S/C6H6N3/c7-6(8)5-3-1-2-4-9-5/h2-4H,(H3,7,8).